The number of likely N-dealkylation sites (tertiary alicyclic amines) is 1. The van der Waals surface area contributed by atoms with Crippen LogP contribution in [0.25, 0.3) is 27.7 Å². The van der Waals surface area contributed by atoms with E-state index in [0.717, 1.165) is 35.0 Å². The predicted octanol–water partition coefficient (Wildman–Crippen LogP) is 6.02. The minimum Gasteiger partial charge on any atom is -0.444 e. The molecule has 4 aromatic rings. The van der Waals surface area contributed by atoms with Crippen LogP contribution in [0.3, 0.4) is 0 Å². The van der Waals surface area contributed by atoms with Gasteiger partial charge in [0.2, 0.25) is 0 Å². The molecular formula is C25H27ClFN5O2. The molecule has 34 heavy (non-hydrogen) atoms. The Hall–Kier alpha value is -3.13. The first-order valence-electron chi connectivity index (χ1n) is 11.4. The number of benzene rings is 1. The van der Waals surface area contributed by atoms with E-state index in [-0.39, 0.29) is 18.0 Å². The number of piperidine rings is 1. The summed E-state index contributed by atoms with van der Waals surface area (Å²) in [6.07, 6.45) is 6.84. The first-order chi connectivity index (χ1) is 16.1. The Morgan fingerprint density at radius 1 is 1.12 bits per heavy atom. The highest BCUT2D eigenvalue weighted by molar-refractivity contribution is 6.33. The molecule has 0 saturated carbocycles. The van der Waals surface area contributed by atoms with Gasteiger partial charge in [-0.1, -0.05) is 11.6 Å². The van der Waals surface area contributed by atoms with E-state index in [1.165, 1.54) is 6.07 Å². The Bertz CT molecular complexity index is 1400. The summed E-state index contributed by atoms with van der Waals surface area (Å²) < 4.78 is 24.2. The lowest BCUT2D eigenvalue weighted by Gasteiger charge is -2.33. The largest absolute Gasteiger partial charge is 0.444 e. The number of rotatable bonds is 2. The van der Waals surface area contributed by atoms with E-state index in [0.29, 0.717) is 29.3 Å². The molecule has 7 nitrogen and oxygen atoms in total. The van der Waals surface area contributed by atoms with Gasteiger partial charge >= 0.3 is 6.09 Å². The van der Waals surface area contributed by atoms with E-state index < -0.39 is 5.60 Å². The molecule has 5 rings (SSSR count). The van der Waals surface area contributed by atoms with Crippen LogP contribution in [0, 0.1) is 12.7 Å². The van der Waals surface area contributed by atoms with Crippen LogP contribution in [-0.4, -0.2) is 48.8 Å². The summed E-state index contributed by atoms with van der Waals surface area (Å²) in [6.45, 7) is 8.63. The Morgan fingerprint density at radius 3 is 2.56 bits per heavy atom. The summed E-state index contributed by atoms with van der Waals surface area (Å²) in [4.78, 5) is 18.5. The zero-order chi connectivity index (χ0) is 24.2. The topological polar surface area (TPSA) is 64.7 Å². The van der Waals surface area contributed by atoms with E-state index in [2.05, 4.69) is 10.1 Å². The number of amides is 1. The van der Waals surface area contributed by atoms with E-state index in [1.807, 2.05) is 61.4 Å². The highest BCUT2D eigenvalue weighted by Gasteiger charge is 2.28. The molecule has 178 valence electrons. The second kappa shape index (κ2) is 8.27. The van der Waals surface area contributed by atoms with E-state index >= 15 is 4.39 Å². The average molecular weight is 484 g/mol. The number of carbonyl (C=O) groups is 1. The average Bonchev–Trinajstić information content (AvgIpc) is 3.36. The molecule has 0 bridgehead atoms. The molecule has 0 radical (unpaired) electrons. The molecule has 3 aromatic heterocycles. The minimum atomic E-state index is -0.520. The number of aryl methyl sites for hydroxylation is 1. The van der Waals surface area contributed by atoms with Gasteiger partial charge in [0.1, 0.15) is 11.1 Å². The maximum absolute atomic E-state index is 15.1. The molecule has 0 aliphatic carbocycles. The smallest absolute Gasteiger partial charge is 0.410 e. The number of hydrogen-bond donors (Lipinski definition) is 0. The number of ether oxygens (including phenoxy) is 1. The van der Waals surface area contributed by atoms with Crippen LogP contribution >= 0.6 is 11.6 Å². The van der Waals surface area contributed by atoms with Gasteiger partial charge in [-0.05, 0) is 64.3 Å². The third-order valence-electron chi connectivity index (χ3n) is 6.03. The second-order valence-electron chi connectivity index (χ2n) is 9.89. The highest BCUT2D eigenvalue weighted by atomic mass is 35.5. The van der Waals surface area contributed by atoms with Crippen LogP contribution in [-0.2, 0) is 4.74 Å². The molecule has 1 aromatic carbocycles. The van der Waals surface area contributed by atoms with Crippen molar-refractivity contribution in [3.63, 3.8) is 0 Å². The van der Waals surface area contributed by atoms with Crippen molar-refractivity contribution in [2.75, 3.05) is 13.1 Å². The number of aromatic nitrogens is 4. The number of pyridine rings is 1. The molecule has 0 N–H and O–H groups in total. The fraction of sp³-hybridized carbons (Fsp3) is 0.400. The molecule has 0 atom stereocenters. The quantitative estimate of drug-likeness (QED) is 0.349. The summed E-state index contributed by atoms with van der Waals surface area (Å²) in [7, 11) is 0. The van der Waals surface area contributed by atoms with Crippen LogP contribution < -0.4 is 0 Å². The van der Waals surface area contributed by atoms with E-state index in [4.69, 9.17) is 16.3 Å². The Kier molecular flexibility index (Phi) is 5.51. The van der Waals surface area contributed by atoms with Gasteiger partial charge in [0.15, 0.2) is 11.5 Å². The Morgan fingerprint density at radius 2 is 1.85 bits per heavy atom. The van der Waals surface area contributed by atoms with Crippen molar-refractivity contribution in [3.8, 4) is 11.1 Å². The predicted molar refractivity (Wildman–Crippen MR) is 130 cm³/mol. The van der Waals surface area contributed by atoms with Gasteiger partial charge in [-0.3, -0.25) is 4.68 Å². The van der Waals surface area contributed by atoms with Crippen molar-refractivity contribution in [2.45, 2.75) is 52.2 Å². The summed E-state index contributed by atoms with van der Waals surface area (Å²) in [6, 6.07) is 5.32. The standard InChI is InChI=1S/C25H27ClFN5O2/c1-15-12-31-13-17(10-20(26)23(31)28-15)16-9-18-14-32(29-22(18)21(27)11-16)19-5-7-30(8-6-19)24(33)34-25(2,3)4/h9-14,19H,5-8H2,1-4H3. The molecule has 4 heterocycles. The van der Waals surface area contributed by atoms with Crippen LogP contribution in [0.5, 0.6) is 0 Å². The van der Waals surface area contributed by atoms with Crippen molar-refractivity contribution in [1.29, 1.82) is 0 Å². The van der Waals surface area contributed by atoms with Crippen molar-refractivity contribution in [1.82, 2.24) is 24.1 Å². The maximum atomic E-state index is 15.1. The molecular weight excluding hydrogens is 457 g/mol. The van der Waals surface area contributed by atoms with Crippen molar-refractivity contribution in [2.24, 2.45) is 0 Å². The third-order valence-corrected chi connectivity index (χ3v) is 6.31. The molecule has 1 aliphatic rings. The van der Waals surface area contributed by atoms with Crippen molar-refractivity contribution < 1.29 is 13.9 Å². The molecule has 0 unspecified atom stereocenters. The lowest BCUT2D eigenvalue weighted by atomic mass is 10.0. The van der Waals surface area contributed by atoms with Crippen LogP contribution in [0.1, 0.15) is 45.3 Å². The van der Waals surface area contributed by atoms with Crippen molar-refractivity contribution >= 4 is 34.2 Å². The molecule has 1 fully saturated rings. The van der Waals surface area contributed by atoms with Gasteiger partial charge in [0.05, 0.1) is 16.8 Å². The summed E-state index contributed by atoms with van der Waals surface area (Å²) in [5.41, 5.74) is 2.88. The second-order valence-corrected chi connectivity index (χ2v) is 10.3. The highest BCUT2D eigenvalue weighted by Crippen LogP contribution is 2.32. The molecule has 1 saturated heterocycles. The normalized spacial score (nSPS) is 15.4. The van der Waals surface area contributed by atoms with Gasteiger partial charge in [-0.25, -0.2) is 14.2 Å². The number of imidazole rings is 1. The van der Waals surface area contributed by atoms with E-state index in [1.54, 1.807) is 11.0 Å². The summed E-state index contributed by atoms with van der Waals surface area (Å²) in [5, 5.41) is 5.77. The molecule has 9 heteroatoms. The number of hydrogen-bond acceptors (Lipinski definition) is 4. The van der Waals surface area contributed by atoms with Gasteiger partial charge < -0.3 is 14.0 Å². The van der Waals surface area contributed by atoms with Gasteiger partial charge in [0, 0.05) is 42.6 Å². The first kappa shape index (κ1) is 22.7. The van der Waals surface area contributed by atoms with Crippen LogP contribution in [0.15, 0.2) is 36.8 Å². The summed E-state index contributed by atoms with van der Waals surface area (Å²) >= 11 is 6.43. The third kappa shape index (κ3) is 4.34. The maximum Gasteiger partial charge on any atom is 0.410 e. The lowest BCUT2D eigenvalue weighted by molar-refractivity contribution is 0.0185. The van der Waals surface area contributed by atoms with Gasteiger partial charge in [-0.2, -0.15) is 5.10 Å². The minimum absolute atomic E-state index is 0.0913. The molecule has 1 aliphatic heterocycles. The zero-order valence-corrected chi connectivity index (χ0v) is 20.4. The lowest BCUT2D eigenvalue weighted by Crippen LogP contribution is -2.42. The van der Waals surface area contributed by atoms with Crippen LogP contribution in [0.2, 0.25) is 5.02 Å². The first-order valence-corrected chi connectivity index (χ1v) is 11.8. The van der Waals surface area contributed by atoms with Gasteiger partial charge in [-0.15, -0.1) is 0 Å². The number of carbonyl (C=O) groups excluding carboxylic acids is 1. The van der Waals surface area contributed by atoms with Crippen molar-refractivity contribution in [3.05, 3.63) is 53.3 Å². The number of nitrogens with zero attached hydrogens (tertiary/aromatic N) is 5. The zero-order valence-electron chi connectivity index (χ0n) is 19.7. The monoisotopic (exact) mass is 483 g/mol. The number of fused-ring (bicyclic) bond motifs is 2. The van der Waals surface area contributed by atoms with E-state index in [9.17, 15) is 4.79 Å². The fourth-order valence-electron chi connectivity index (χ4n) is 4.44. The SMILES string of the molecule is Cc1cn2cc(-c3cc(F)c4nn(C5CCN(C(=O)OC(C)(C)C)CC5)cc4c3)cc(Cl)c2n1. The molecule has 1 amide bonds. The Labute approximate surface area is 202 Å². The summed E-state index contributed by atoms with van der Waals surface area (Å²) in [5.74, 6) is -0.379. The fourth-order valence-corrected chi connectivity index (χ4v) is 4.70. The van der Waals surface area contributed by atoms with Gasteiger partial charge in [0.25, 0.3) is 0 Å². The van der Waals surface area contributed by atoms with Crippen LogP contribution in [0.4, 0.5) is 9.18 Å². The Balaban J connectivity index is 1.39. The molecule has 0 spiro atoms. The number of halogens is 2.